The summed E-state index contributed by atoms with van der Waals surface area (Å²) in [5.74, 6) is 0.457. The molecule has 1 aromatic carbocycles. The molecule has 0 unspecified atom stereocenters. The molecule has 0 amide bonds. The molecule has 0 spiro atoms. The van der Waals surface area contributed by atoms with Crippen molar-refractivity contribution in [3.8, 4) is 5.75 Å². The highest BCUT2D eigenvalue weighted by molar-refractivity contribution is 7.09. The van der Waals surface area contributed by atoms with Crippen LogP contribution in [-0.4, -0.2) is 10.8 Å². The molecule has 1 heterocycles. The van der Waals surface area contributed by atoms with Gasteiger partial charge in [-0.05, 0) is 18.2 Å². The Morgan fingerprint density at radius 2 is 2.14 bits per heavy atom. The van der Waals surface area contributed by atoms with Gasteiger partial charge in [-0.3, -0.25) is 5.41 Å². The zero-order chi connectivity index (χ0) is 15.6. The van der Waals surface area contributed by atoms with Gasteiger partial charge in [0.1, 0.15) is 23.2 Å². The van der Waals surface area contributed by atoms with E-state index in [1.807, 2.05) is 5.38 Å². The van der Waals surface area contributed by atoms with Crippen LogP contribution in [0.3, 0.4) is 0 Å². The molecule has 0 saturated heterocycles. The zero-order valence-electron chi connectivity index (χ0n) is 12.2. The van der Waals surface area contributed by atoms with E-state index < -0.39 is 0 Å². The van der Waals surface area contributed by atoms with Crippen LogP contribution in [0.4, 0.5) is 0 Å². The van der Waals surface area contributed by atoms with Crippen molar-refractivity contribution in [2.75, 3.05) is 0 Å². The number of benzene rings is 1. The number of aromatic nitrogens is 1. The van der Waals surface area contributed by atoms with Gasteiger partial charge < -0.3 is 10.5 Å². The molecule has 112 valence electrons. The summed E-state index contributed by atoms with van der Waals surface area (Å²) in [4.78, 5) is 4.57. The van der Waals surface area contributed by atoms with Crippen molar-refractivity contribution >= 4 is 28.8 Å². The lowest BCUT2D eigenvalue weighted by atomic mass is 9.93. The van der Waals surface area contributed by atoms with Gasteiger partial charge in [0.05, 0.1) is 11.3 Å². The van der Waals surface area contributed by atoms with Crippen molar-refractivity contribution in [3.63, 3.8) is 0 Å². The minimum Gasteiger partial charge on any atom is -0.486 e. The molecule has 0 atom stereocenters. The highest BCUT2D eigenvalue weighted by atomic mass is 35.5. The summed E-state index contributed by atoms with van der Waals surface area (Å²) in [6.07, 6.45) is 0. The van der Waals surface area contributed by atoms with Gasteiger partial charge in [0.15, 0.2) is 0 Å². The number of nitrogens with zero attached hydrogens (tertiary/aromatic N) is 1. The van der Waals surface area contributed by atoms with E-state index in [1.54, 1.807) is 29.5 Å². The Hall–Kier alpha value is -1.59. The Kier molecular flexibility index (Phi) is 4.54. The Morgan fingerprint density at radius 3 is 2.71 bits per heavy atom. The van der Waals surface area contributed by atoms with Gasteiger partial charge in [0, 0.05) is 15.8 Å². The van der Waals surface area contributed by atoms with Gasteiger partial charge in [-0.1, -0.05) is 32.4 Å². The van der Waals surface area contributed by atoms with Crippen LogP contribution in [-0.2, 0) is 12.0 Å². The van der Waals surface area contributed by atoms with Crippen LogP contribution in [0.25, 0.3) is 0 Å². The maximum absolute atomic E-state index is 7.56. The number of amidine groups is 1. The molecule has 1 aromatic heterocycles. The topological polar surface area (TPSA) is 72.0 Å². The highest BCUT2D eigenvalue weighted by Gasteiger charge is 2.17. The van der Waals surface area contributed by atoms with E-state index in [1.165, 1.54) is 0 Å². The van der Waals surface area contributed by atoms with Gasteiger partial charge in [0.2, 0.25) is 0 Å². The summed E-state index contributed by atoms with van der Waals surface area (Å²) in [5, 5.41) is 11.0. The Bertz CT molecular complexity index is 661. The van der Waals surface area contributed by atoms with Crippen LogP contribution in [0.2, 0.25) is 5.02 Å². The summed E-state index contributed by atoms with van der Waals surface area (Å²) in [5.41, 5.74) is 7.14. The van der Waals surface area contributed by atoms with Crippen LogP contribution in [0, 0.1) is 5.41 Å². The first kappa shape index (κ1) is 15.8. The maximum Gasteiger partial charge on any atom is 0.140 e. The third-order valence-electron chi connectivity index (χ3n) is 2.91. The van der Waals surface area contributed by atoms with E-state index in [-0.39, 0.29) is 11.3 Å². The van der Waals surface area contributed by atoms with Crippen LogP contribution < -0.4 is 10.5 Å². The lowest BCUT2D eigenvalue weighted by Gasteiger charge is -2.14. The fourth-order valence-electron chi connectivity index (χ4n) is 1.70. The molecule has 21 heavy (non-hydrogen) atoms. The summed E-state index contributed by atoms with van der Waals surface area (Å²) >= 11 is 7.52. The second-order valence-corrected chi connectivity index (χ2v) is 7.10. The Balaban J connectivity index is 2.15. The van der Waals surface area contributed by atoms with Crippen molar-refractivity contribution in [1.29, 1.82) is 5.41 Å². The molecule has 0 aliphatic heterocycles. The number of thiazole rings is 1. The van der Waals surface area contributed by atoms with Crippen molar-refractivity contribution < 1.29 is 4.74 Å². The van der Waals surface area contributed by atoms with Crippen molar-refractivity contribution in [3.05, 3.63) is 44.9 Å². The number of hydrogen-bond donors (Lipinski definition) is 2. The smallest absolute Gasteiger partial charge is 0.140 e. The molecular formula is C15H18ClN3OS. The SMILES string of the molecule is CC(C)(C)c1csc(COc2cc(Cl)ccc2C(=N)N)n1. The molecule has 0 fully saturated rings. The summed E-state index contributed by atoms with van der Waals surface area (Å²) in [6.45, 7) is 6.70. The van der Waals surface area contributed by atoms with Crippen molar-refractivity contribution in [2.45, 2.75) is 32.8 Å². The summed E-state index contributed by atoms with van der Waals surface area (Å²) in [6, 6.07) is 5.03. The lowest BCUT2D eigenvalue weighted by molar-refractivity contribution is 0.304. The first-order valence-electron chi connectivity index (χ1n) is 6.49. The van der Waals surface area contributed by atoms with Crippen LogP contribution in [0.1, 0.15) is 37.0 Å². The van der Waals surface area contributed by atoms with Crippen molar-refractivity contribution in [1.82, 2.24) is 4.98 Å². The maximum atomic E-state index is 7.56. The second kappa shape index (κ2) is 6.03. The Morgan fingerprint density at radius 1 is 1.43 bits per heavy atom. The fourth-order valence-corrected chi connectivity index (χ4v) is 2.79. The number of nitrogen functional groups attached to an aromatic ring is 1. The fraction of sp³-hybridized carbons (Fsp3) is 0.333. The van der Waals surface area contributed by atoms with E-state index in [2.05, 4.69) is 25.8 Å². The number of halogens is 1. The number of ether oxygens (including phenoxy) is 1. The summed E-state index contributed by atoms with van der Waals surface area (Å²) < 4.78 is 5.73. The molecule has 4 nitrogen and oxygen atoms in total. The number of nitrogens with one attached hydrogen (secondary N) is 1. The second-order valence-electron chi connectivity index (χ2n) is 5.72. The minimum absolute atomic E-state index is 0.0232. The monoisotopic (exact) mass is 323 g/mol. The van der Waals surface area contributed by atoms with Crippen molar-refractivity contribution in [2.24, 2.45) is 5.73 Å². The molecule has 0 bridgehead atoms. The van der Waals surface area contributed by atoms with Gasteiger partial charge >= 0.3 is 0 Å². The van der Waals surface area contributed by atoms with E-state index in [4.69, 9.17) is 27.5 Å². The predicted octanol–water partition coefficient (Wildman–Crippen LogP) is 3.96. The molecular weight excluding hydrogens is 306 g/mol. The summed E-state index contributed by atoms with van der Waals surface area (Å²) in [7, 11) is 0. The van der Waals surface area contributed by atoms with Crippen LogP contribution >= 0.6 is 22.9 Å². The molecule has 2 rings (SSSR count). The third kappa shape index (κ3) is 3.95. The largest absolute Gasteiger partial charge is 0.486 e. The van der Waals surface area contributed by atoms with E-state index >= 15 is 0 Å². The average Bonchev–Trinajstić information content (AvgIpc) is 2.84. The number of nitrogens with two attached hydrogens (primary N) is 1. The number of rotatable bonds is 4. The zero-order valence-corrected chi connectivity index (χ0v) is 13.8. The van der Waals surface area contributed by atoms with Crippen LogP contribution in [0.5, 0.6) is 5.75 Å². The molecule has 0 saturated carbocycles. The first-order valence-corrected chi connectivity index (χ1v) is 7.75. The van der Waals surface area contributed by atoms with E-state index in [0.29, 0.717) is 22.9 Å². The van der Waals surface area contributed by atoms with E-state index in [0.717, 1.165) is 10.7 Å². The quantitative estimate of drug-likeness (QED) is 0.661. The normalized spacial score (nSPS) is 11.4. The molecule has 0 radical (unpaired) electrons. The first-order chi connectivity index (χ1) is 9.77. The minimum atomic E-state index is -0.0452. The standard InChI is InChI=1S/C15H18ClN3OS/c1-15(2,3)12-8-21-13(19-12)7-20-11-6-9(16)4-5-10(11)14(17)18/h4-6,8H,7H2,1-3H3,(H3,17,18). The van der Waals surface area contributed by atoms with Gasteiger partial charge in [-0.2, -0.15) is 0 Å². The third-order valence-corrected chi connectivity index (χ3v) is 3.96. The van der Waals surface area contributed by atoms with Crippen LogP contribution in [0.15, 0.2) is 23.6 Å². The Labute approximate surface area is 133 Å². The predicted molar refractivity (Wildman–Crippen MR) is 87.6 cm³/mol. The molecule has 6 heteroatoms. The molecule has 0 aliphatic rings. The highest BCUT2D eigenvalue weighted by Crippen LogP contribution is 2.27. The average molecular weight is 324 g/mol. The molecule has 0 aliphatic carbocycles. The lowest BCUT2D eigenvalue weighted by Crippen LogP contribution is -2.13. The van der Waals surface area contributed by atoms with Gasteiger partial charge in [0.25, 0.3) is 0 Å². The van der Waals surface area contributed by atoms with Gasteiger partial charge in [-0.25, -0.2) is 4.98 Å². The van der Waals surface area contributed by atoms with E-state index in [9.17, 15) is 0 Å². The number of hydrogen-bond acceptors (Lipinski definition) is 4. The molecule has 2 aromatic rings. The molecule has 3 N–H and O–H groups in total. The van der Waals surface area contributed by atoms with Gasteiger partial charge in [-0.15, -0.1) is 11.3 Å².